The molecule has 3 heterocycles. The molecule has 0 bridgehead atoms. The van der Waals surface area contributed by atoms with Crippen molar-refractivity contribution in [1.82, 2.24) is 24.4 Å². The van der Waals surface area contributed by atoms with E-state index < -0.39 is 18.6 Å². The molecule has 1 fully saturated rings. The van der Waals surface area contributed by atoms with Crippen LogP contribution in [0.2, 0.25) is 5.28 Å². The van der Waals surface area contributed by atoms with Gasteiger partial charge in [0.05, 0.1) is 22.2 Å². The van der Waals surface area contributed by atoms with Crippen LogP contribution in [0.25, 0.3) is 11.2 Å². The summed E-state index contributed by atoms with van der Waals surface area (Å²) in [6, 6.07) is 0. The largest absolute Gasteiger partial charge is 0.379 e. The molecule has 0 atom stereocenters. The Kier molecular flexibility index (Phi) is 2.41. The summed E-state index contributed by atoms with van der Waals surface area (Å²) in [6.07, 6.45) is 1.32. The third-order valence-corrected chi connectivity index (χ3v) is 2.92. The molecule has 0 amide bonds. The number of hydrogen-bond donors (Lipinski definition) is 1. The number of nitrogens with one attached hydrogen (secondary N) is 1. The quantitative estimate of drug-likeness (QED) is 0.811. The van der Waals surface area contributed by atoms with Crippen LogP contribution in [0.5, 0.6) is 0 Å². The van der Waals surface area contributed by atoms with Gasteiger partial charge in [-0.1, -0.05) is 0 Å². The zero-order valence-electron chi connectivity index (χ0n) is 13.9. The van der Waals surface area contributed by atoms with Gasteiger partial charge in [-0.15, -0.1) is 0 Å². The van der Waals surface area contributed by atoms with Gasteiger partial charge in [-0.3, -0.25) is 14.7 Å². The minimum absolute atomic E-state index is 0.0860. The summed E-state index contributed by atoms with van der Waals surface area (Å²) in [7, 11) is 0. The summed E-state index contributed by atoms with van der Waals surface area (Å²) in [6.45, 7) is -3.86. The predicted octanol–water partition coefficient (Wildman–Crippen LogP) is 0.105. The number of hydrogen-bond acceptors (Lipinski definition) is 5. The van der Waals surface area contributed by atoms with Crippen LogP contribution in [-0.4, -0.2) is 57.2 Å². The second kappa shape index (κ2) is 5.28. The molecule has 0 spiro atoms. The van der Waals surface area contributed by atoms with E-state index in [1.807, 2.05) is 0 Å². The Morgan fingerprint density at radius 2 is 2.53 bits per heavy atom. The maximum atomic E-state index is 12.0. The van der Waals surface area contributed by atoms with Gasteiger partial charge >= 0.3 is 0 Å². The molecule has 0 aromatic carbocycles. The standard InChI is InChI=1S/C11H14ClN5O2/c12-11-14-9-8(10(18)15-11)17(7-13-9)2-1-16-3-5-19-6-4-16/h7H,1-6H2,(H,14,15,18)/i1D2,5D2. The van der Waals surface area contributed by atoms with E-state index in [1.54, 1.807) is 0 Å². The van der Waals surface area contributed by atoms with E-state index in [-0.39, 0.29) is 42.7 Å². The molecule has 102 valence electrons. The molecular weight excluding hydrogens is 270 g/mol. The van der Waals surface area contributed by atoms with Gasteiger partial charge in [0.1, 0.15) is 0 Å². The highest BCUT2D eigenvalue weighted by molar-refractivity contribution is 6.28. The summed E-state index contributed by atoms with van der Waals surface area (Å²) >= 11 is 5.67. The highest BCUT2D eigenvalue weighted by Crippen LogP contribution is 2.08. The Balaban J connectivity index is 1.90. The fourth-order valence-electron chi connectivity index (χ4n) is 1.82. The lowest BCUT2D eigenvalue weighted by Crippen LogP contribution is -2.38. The fraction of sp³-hybridized carbons (Fsp3) is 0.545. The van der Waals surface area contributed by atoms with E-state index in [1.165, 1.54) is 15.8 Å². The van der Waals surface area contributed by atoms with Crippen LogP contribution in [0.1, 0.15) is 5.48 Å². The minimum Gasteiger partial charge on any atom is -0.379 e. The third kappa shape index (κ3) is 2.63. The number of H-pyrrole nitrogens is 1. The average Bonchev–Trinajstić information content (AvgIpc) is 2.80. The van der Waals surface area contributed by atoms with Gasteiger partial charge in [-0.05, 0) is 11.6 Å². The first-order valence-corrected chi connectivity index (χ1v) is 6.05. The van der Waals surface area contributed by atoms with Gasteiger partial charge in [0.25, 0.3) is 5.56 Å². The first kappa shape index (κ1) is 8.68. The maximum Gasteiger partial charge on any atom is 0.278 e. The lowest BCUT2D eigenvalue weighted by Gasteiger charge is -2.26. The monoisotopic (exact) mass is 287 g/mol. The number of aryl methyl sites for hydroxylation is 1. The maximum absolute atomic E-state index is 12.0. The molecule has 1 saturated heterocycles. The topological polar surface area (TPSA) is 76.0 Å². The van der Waals surface area contributed by atoms with Crippen molar-refractivity contribution in [1.29, 1.82) is 0 Å². The zero-order valence-corrected chi connectivity index (χ0v) is 10.6. The highest BCUT2D eigenvalue weighted by atomic mass is 35.5. The number of rotatable bonds is 3. The molecule has 1 N–H and O–H groups in total. The van der Waals surface area contributed by atoms with Gasteiger partial charge in [0.15, 0.2) is 11.2 Å². The number of fused-ring (bicyclic) bond motifs is 1. The van der Waals surface area contributed by atoms with Crippen LogP contribution in [0.15, 0.2) is 11.1 Å². The van der Waals surface area contributed by atoms with Crippen LogP contribution in [0.3, 0.4) is 0 Å². The van der Waals surface area contributed by atoms with Gasteiger partial charge in [0.2, 0.25) is 5.28 Å². The molecule has 1 aliphatic heterocycles. The smallest absolute Gasteiger partial charge is 0.278 e. The van der Waals surface area contributed by atoms with Crippen molar-refractivity contribution >= 4 is 22.8 Å². The molecule has 7 nitrogen and oxygen atoms in total. The summed E-state index contributed by atoms with van der Waals surface area (Å²) in [5.74, 6) is 0. The molecule has 2 aromatic rings. The van der Waals surface area contributed by atoms with Crippen LogP contribution in [-0.2, 0) is 11.3 Å². The molecule has 8 heteroatoms. The van der Waals surface area contributed by atoms with Gasteiger partial charge < -0.3 is 9.30 Å². The predicted molar refractivity (Wildman–Crippen MR) is 70.4 cm³/mol. The second-order valence-corrected chi connectivity index (χ2v) is 4.33. The number of aromatic nitrogens is 4. The number of morpholine rings is 1. The molecular formula is C11H14ClN5O2. The molecule has 1 aliphatic rings. The Bertz CT molecular complexity index is 792. The molecule has 0 aliphatic carbocycles. The van der Waals surface area contributed by atoms with E-state index in [2.05, 4.69) is 15.0 Å². The summed E-state index contributed by atoms with van der Waals surface area (Å²) in [5, 5.41) is -0.0860. The SMILES string of the molecule is [2H]C1([2H])CN(C([2H])([2H])Cn2cnc3nc(Cl)[nH]c(=O)c32)CCO1. The van der Waals surface area contributed by atoms with Crippen molar-refractivity contribution in [2.24, 2.45) is 0 Å². The van der Waals surface area contributed by atoms with Crippen molar-refractivity contribution in [2.45, 2.75) is 6.54 Å². The van der Waals surface area contributed by atoms with E-state index in [0.29, 0.717) is 0 Å². The normalized spacial score (nSPS) is 23.6. The van der Waals surface area contributed by atoms with Crippen LogP contribution in [0, 0.1) is 0 Å². The molecule has 0 radical (unpaired) electrons. The van der Waals surface area contributed by atoms with Crippen molar-refractivity contribution in [3.63, 3.8) is 0 Å². The Morgan fingerprint density at radius 3 is 3.37 bits per heavy atom. The van der Waals surface area contributed by atoms with E-state index in [0.717, 1.165) is 0 Å². The average molecular weight is 288 g/mol. The van der Waals surface area contributed by atoms with E-state index in [9.17, 15) is 4.79 Å². The molecule has 0 saturated carbocycles. The summed E-state index contributed by atoms with van der Waals surface area (Å²) < 4.78 is 38.0. The van der Waals surface area contributed by atoms with Crippen LogP contribution >= 0.6 is 11.6 Å². The highest BCUT2D eigenvalue weighted by Gasteiger charge is 2.13. The zero-order chi connectivity index (χ0) is 16.8. The fourth-order valence-corrected chi connectivity index (χ4v) is 1.99. The first-order chi connectivity index (χ1) is 10.7. The molecule has 0 unspecified atom stereocenters. The van der Waals surface area contributed by atoms with E-state index in [4.69, 9.17) is 21.8 Å². The number of ether oxygens (including phenoxy) is 1. The summed E-state index contributed by atoms with van der Waals surface area (Å²) in [5.41, 5.74) is -0.257. The first-order valence-electron chi connectivity index (χ1n) is 7.68. The lowest BCUT2D eigenvalue weighted by atomic mass is 10.4. The van der Waals surface area contributed by atoms with Crippen molar-refractivity contribution in [2.75, 3.05) is 32.8 Å². The van der Waals surface area contributed by atoms with Gasteiger partial charge in [-0.2, -0.15) is 4.98 Å². The van der Waals surface area contributed by atoms with E-state index >= 15 is 0 Å². The molecule has 19 heavy (non-hydrogen) atoms. The number of imidazole rings is 1. The van der Waals surface area contributed by atoms with Crippen LogP contribution in [0.4, 0.5) is 0 Å². The van der Waals surface area contributed by atoms with Gasteiger partial charge in [0, 0.05) is 28.9 Å². The summed E-state index contributed by atoms with van der Waals surface area (Å²) in [4.78, 5) is 23.5. The second-order valence-electron chi connectivity index (χ2n) is 3.97. The number of halogens is 1. The van der Waals surface area contributed by atoms with Crippen molar-refractivity contribution in [3.8, 4) is 0 Å². The molecule has 3 rings (SSSR count). The van der Waals surface area contributed by atoms with Crippen molar-refractivity contribution in [3.05, 3.63) is 22.0 Å². The van der Waals surface area contributed by atoms with Crippen LogP contribution < -0.4 is 5.56 Å². The molecule has 2 aromatic heterocycles. The minimum atomic E-state index is -1.91. The Morgan fingerprint density at radius 1 is 1.63 bits per heavy atom. The van der Waals surface area contributed by atoms with Gasteiger partial charge in [-0.25, -0.2) is 4.98 Å². The number of nitrogens with zero attached hydrogens (tertiary/aromatic N) is 4. The Hall–Kier alpha value is -1.44. The Labute approximate surface area is 119 Å². The number of aromatic amines is 1. The third-order valence-electron chi connectivity index (χ3n) is 2.74. The lowest BCUT2D eigenvalue weighted by molar-refractivity contribution is 0.0365. The van der Waals surface area contributed by atoms with Crippen molar-refractivity contribution < 1.29 is 10.2 Å².